The molecule has 0 N–H and O–H groups in total. The van der Waals surface area contributed by atoms with Gasteiger partial charge in [0.05, 0.1) is 11.6 Å². The lowest BCUT2D eigenvalue weighted by atomic mass is 9.88. The molecule has 0 saturated carbocycles. The molecule has 0 heterocycles. The number of hydrogen-bond donors (Lipinski definition) is 0. The van der Waals surface area contributed by atoms with Crippen LogP contribution in [0.2, 0.25) is 0 Å². The third-order valence-electron chi connectivity index (χ3n) is 2.28. The second-order valence-corrected chi connectivity index (χ2v) is 4.83. The van der Waals surface area contributed by atoms with E-state index in [1.807, 2.05) is 24.3 Å². The second-order valence-electron chi connectivity index (χ2n) is 4.83. The van der Waals surface area contributed by atoms with E-state index >= 15 is 0 Å². The molecule has 0 unspecified atom stereocenters. The number of nitrogens with zero attached hydrogens (tertiary/aromatic N) is 1. The molecule has 0 radical (unpaired) electrons. The van der Waals surface area contributed by atoms with Gasteiger partial charge in [0.25, 0.3) is 0 Å². The highest BCUT2D eigenvalue weighted by Crippen LogP contribution is 2.22. The number of rotatable bonds is 2. The van der Waals surface area contributed by atoms with E-state index in [-0.39, 0.29) is 0 Å². The van der Waals surface area contributed by atoms with E-state index in [0.717, 1.165) is 18.4 Å². The predicted molar refractivity (Wildman–Crippen MR) is 58.9 cm³/mol. The topological polar surface area (TPSA) is 23.8 Å². The van der Waals surface area contributed by atoms with Crippen molar-refractivity contribution in [2.45, 2.75) is 33.6 Å². The SMILES string of the molecule is CC(C)(C)CCc1ccccc1C#N. The van der Waals surface area contributed by atoms with Crippen LogP contribution in [-0.2, 0) is 6.42 Å². The minimum Gasteiger partial charge on any atom is -0.192 e. The first kappa shape index (κ1) is 10.8. The Bertz CT molecular complexity index is 339. The molecule has 0 atom stereocenters. The molecule has 14 heavy (non-hydrogen) atoms. The van der Waals surface area contributed by atoms with Gasteiger partial charge in [0, 0.05) is 0 Å². The zero-order chi connectivity index (χ0) is 10.6. The van der Waals surface area contributed by atoms with E-state index in [1.54, 1.807) is 0 Å². The minimum absolute atomic E-state index is 0.336. The Morgan fingerprint density at radius 3 is 2.43 bits per heavy atom. The Morgan fingerprint density at radius 1 is 1.21 bits per heavy atom. The van der Waals surface area contributed by atoms with E-state index in [0.29, 0.717) is 5.41 Å². The summed E-state index contributed by atoms with van der Waals surface area (Å²) < 4.78 is 0. The lowest BCUT2D eigenvalue weighted by Crippen LogP contribution is -2.06. The van der Waals surface area contributed by atoms with Crippen molar-refractivity contribution in [2.24, 2.45) is 5.41 Å². The average molecular weight is 187 g/mol. The van der Waals surface area contributed by atoms with Crippen LogP contribution in [0.5, 0.6) is 0 Å². The smallest absolute Gasteiger partial charge is 0.0994 e. The van der Waals surface area contributed by atoms with E-state index in [4.69, 9.17) is 5.26 Å². The van der Waals surface area contributed by atoms with Crippen LogP contribution in [0.25, 0.3) is 0 Å². The Hall–Kier alpha value is -1.29. The molecule has 0 aromatic heterocycles. The first-order chi connectivity index (χ1) is 6.53. The predicted octanol–water partition coefficient (Wildman–Crippen LogP) is 3.54. The first-order valence-electron chi connectivity index (χ1n) is 5.01. The zero-order valence-electron chi connectivity index (χ0n) is 9.17. The molecule has 0 amide bonds. The van der Waals surface area contributed by atoms with Crippen molar-refractivity contribution in [1.82, 2.24) is 0 Å². The molecule has 0 fully saturated rings. The molecule has 0 aliphatic carbocycles. The Labute approximate surface area is 86.4 Å². The number of hydrogen-bond acceptors (Lipinski definition) is 1. The third-order valence-corrected chi connectivity index (χ3v) is 2.28. The van der Waals surface area contributed by atoms with Gasteiger partial charge in [0.15, 0.2) is 0 Å². The molecule has 0 spiro atoms. The van der Waals surface area contributed by atoms with Crippen molar-refractivity contribution in [3.05, 3.63) is 35.4 Å². The van der Waals surface area contributed by atoms with Gasteiger partial charge in [-0.25, -0.2) is 0 Å². The van der Waals surface area contributed by atoms with Gasteiger partial charge in [0.1, 0.15) is 0 Å². The molecule has 1 aromatic rings. The highest BCUT2D eigenvalue weighted by atomic mass is 14.2. The zero-order valence-corrected chi connectivity index (χ0v) is 9.17. The summed E-state index contributed by atoms with van der Waals surface area (Å²) >= 11 is 0. The normalized spacial score (nSPS) is 11.0. The van der Waals surface area contributed by atoms with Crippen molar-refractivity contribution in [1.29, 1.82) is 5.26 Å². The van der Waals surface area contributed by atoms with Crippen molar-refractivity contribution in [2.75, 3.05) is 0 Å². The summed E-state index contributed by atoms with van der Waals surface area (Å²) in [5.41, 5.74) is 2.32. The monoisotopic (exact) mass is 187 g/mol. The van der Waals surface area contributed by atoms with Crippen LogP contribution in [0.1, 0.15) is 38.3 Å². The fraction of sp³-hybridized carbons (Fsp3) is 0.462. The molecular weight excluding hydrogens is 170 g/mol. The van der Waals surface area contributed by atoms with Crippen LogP contribution >= 0.6 is 0 Å². The maximum absolute atomic E-state index is 8.90. The second kappa shape index (κ2) is 4.28. The molecule has 0 saturated heterocycles. The number of nitriles is 1. The summed E-state index contributed by atoms with van der Waals surface area (Å²) in [6.07, 6.45) is 2.11. The van der Waals surface area contributed by atoms with Crippen LogP contribution in [0.4, 0.5) is 0 Å². The van der Waals surface area contributed by atoms with E-state index in [9.17, 15) is 0 Å². The Morgan fingerprint density at radius 2 is 1.86 bits per heavy atom. The maximum Gasteiger partial charge on any atom is 0.0994 e. The van der Waals surface area contributed by atoms with Crippen LogP contribution in [0.15, 0.2) is 24.3 Å². The summed E-state index contributed by atoms with van der Waals surface area (Å²) in [5, 5.41) is 8.90. The van der Waals surface area contributed by atoms with Gasteiger partial charge in [-0.1, -0.05) is 39.0 Å². The summed E-state index contributed by atoms with van der Waals surface area (Å²) in [4.78, 5) is 0. The van der Waals surface area contributed by atoms with Gasteiger partial charge < -0.3 is 0 Å². The quantitative estimate of drug-likeness (QED) is 0.694. The lowest BCUT2D eigenvalue weighted by Gasteiger charge is -2.17. The van der Waals surface area contributed by atoms with Crippen molar-refractivity contribution in [3.8, 4) is 6.07 Å². The minimum atomic E-state index is 0.336. The molecule has 0 aliphatic rings. The molecule has 1 aromatic carbocycles. The standard InChI is InChI=1S/C13H17N/c1-13(2,3)9-8-11-6-4-5-7-12(11)10-14/h4-7H,8-9H2,1-3H3. The third kappa shape index (κ3) is 3.22. The largest absolute Gasteiger partial charge is 0.192 e. The highest BCUT2D eigenvalue weighted by molar-refractivity contribution is 5.37. The molecule has 74 valence electrons. The van der Waals surface area contributed by atoms with E-state index in [1.165, 1.54) is 5.56 Å². The maximum atomic E-state index is 8.90. The Kier molecular flexibility index (Phi) is 3.30. The molecule has 1 heteroatoms. The first-order valence-corrected chi connectivity index (χ1v) is 5.01. The molecule has 0 bridgehead atoms. The van der Waals surface area contributed by atoms with Gasteiger partial charge >= 0.3 is 0 Å². The van der Waals surface area contributed by atoms with Gasteiger partial charge in [-0.15, -0.1) is 0 Å². The molecular formula is C13H17N. The Balaban J connectivity index is 2.73. The van der Waals surface area contributed by atoms with Crippen LogP contribution in [0.3, 0.4) is 0 Å². The summed E-state index contributed by atoms with van der Waals surface area (Å²) in [7, 11) is 0. The fourth-order valence-electron chi connectivity index (χ4n) is 1.36. The van der Waals surface area contributed by atoms with Crippen LogP contribution < -0.4 is 0 Å². The molecule has 1 nitrogen and oxygen atoms in total. The van der Waals surface area contributed by atoms with Crippen molar-refractivity contribution in [3.63, 3.8) is 0 Å². The van der Waals surface area contributed by atoms with Gasteiger partial charge in [-0.05, 0) is 29.9 Å². The van der Waals surface area contributed by atoms with Crippen molar-refractivity contribution < 1.29 is 0 Å². The van der Waals surface area contributed by atoms with Gasteiger partial charge in [-0.2, -0.15) is 5.26 Å². The van der Waals surface area contributed by atoms with Crippen molar-refractivity contribution >= 4 is 0 Å². The van der Waals surface area contributed by atoms with Crippen LogP contribution in [0, 0.1) is 16.7 Å². The average Bonchev–Trinajstić information content (AvgIpc) is 2.14. The summed E-state index contributed by atoms with van der Waals surface area (Å²) in [5.74, 6) is 0. The number of benzene rings is 1. The number of aryl methyl sites for hydroxylation is 1. The highest BCUT2D eigenvalue weighted by Gasteiger charge is 2.11. The van der Waals surface area contributed by atoms with Gasteiger partial charge in [-0.3, -0.25) is 0 Å². The fourth-order valence-corrected chi connectivity index (χ4v) is 1.36. The summed E-state index contributed by atoms with van der Waals surface area (Å²) in [6.45, 7) is 6.67. The van der Waals surface area contributed by atoms with E-state index in [2.05, 4.69) is 26.8 Å². The lowest BCUT2D eigenvalue weighted by molar-refractivity contribution is 0.378. The van der Waals surface area contributed by atoms with Gasteiger partial charge in [0.2, 0.25) is 0 Å². The van der Waals surface area contributed by atoms with E-state index < -0.39 is 0 Å². The van der Waals surface area contributed by atoms with Crippen LogP contribution in [-0.4, -0.2) is 0 Å². The molecule has 0 aliphatic heterocycles. The summed E-state index contributed by atoms with van der Waals surface area (Å²) in [6, 6.07) is 10.1. The molecule has 1 rings (SSSR count).